The van der Waals surface area contributed by atoms with E-state index in [1.54, 1.807) is 0 Å². The summed E-state index contributed by atoms with van der Waals surface area (Å²) in [5.74, 6) is 1.70. The van der Waals surface area contributed by atoms with Gasteiger partial charge in [-0.25, -0.2) is 0 Å². The number of rotatable bonds is 2. The van der Waals surface area contributed by atoms with Crippen LogP contribution in [0.15, 0.2) is 0 Å². The Balaban J connectivity index is 1.52. The summed E-state index contributed by atoms with van der Waals surface area (Å²) in [6.07, 6.45) is 5.52. The lowest BCUT2D eigenvalue weighted by Crippen LogP contribution is -2.41. The van der Waals surface area contributed by atoms with Crippen LogP contribution in [0.3, 0.4) is 0 Å². The largest absolute Gasteiger partial charge is 0.381 e. The van der Waals surface area contributed by atoms with Crippen molar-refractivity contribution < 1.29 is 4.74 Å². The summed E-state index contributed by atoms with van der Waals surface area (Å²) in [7, 11) is 2.10. The molecular weight excluding hydrogens is 200 g/mol. The fourth-order valence-corrected chi connectivity index (χ4v) is 3.75. The van der Waals surface area contributed by atoms with E-state index in [2.05, 4.69) is 17.3 Å². The number of nitrogens with one attached hydrogen (secondary N) is 1. The summed E-state index contributed by atoms with van der Waals surface area (Å²) in [6, 6.07) is 1.65. The predicted octanol–water partition coefficient (Wildman–Crippen LogP) is 1.10. The maximum absolute atomic E-state index is 5.54. The van der Waals surface area contributed by atoms with E-state index >= 15 is 0 Å². The Bertz CT molecular complexity index is 226. The van der Waals surface area contributed by atoms with Gasteiger partial charge < -0.3 is 10.1 Å². The summed E-state index contributed by atoms with van der Waals surface area (Å²) < 4.78 is 5.54. The lowest BCUT2D eigenvalue weighted by Gasteiger charge is -2.35. The van der Waals surface area contributed by atoms with Gasteiger partial charge in [0.1, 0.15) is 0 Å². The highest BCUT2D eigenvalue weighted by molar-refractivity contribution is 4.92. The molecule has 3 aliphatic rings. The summed E-state index contributed by atoms with van der Waals surface area (Å²) in [6.45, 7) is 4.65. The average molecular weight is 224 g/mol. The Morgan fingerprint density at radius 2 is 1.62 bits per heavy atom. The lowest BCUT2D eigenvalue weighted by atomic mass is 9.90. The minimum atomic E-state index is 0.779. The molecule has 0 aromatic rings. The van der Waals surface area contributed by atoms with E-state index in [0.717, 1.165) is 37.1 Å². The van der Waals surface area contributed by atoms with Crippen LogP contribution in [0.1, 0.15) is 25.7 Å². The predicted molar refractivity (Wildman–Crippen MR) is 64.5 cm³/mol. The number of nitrogens with zero attached hydrogens (tertiary/aromatic N) is 1. The first-order chi connectivity index (χ1) is 7.86. The first-order valence-electron chi connectivity index (χ1n) is 6.86. The van der Waals surface area contributed by atoms with E-state index in [4.69, 9.17) is 4.74 Å². The molecule has 1 N–H and O–H groups in total. The standard InChI is InChI=1S/C13H24N2O/c1-14-12-2-4-13(5-3-12)15-6-10-8-16-9-11(10)7-15/h10-14H,2-9H2,1H3. The van der Waals surface area contributed by atoms with E-state index in [1.165, 1.54) is 38.8 Å². The molecule has 0 radical (unpaired) electrons. The smallest absolute Gasteiger partial charge is 0.0510 e. The van der Waals surface area contributed by atoms with Crippen LogP contribution in [0.2, 0.25) is 0 Å². The van der Waals surface area contributed by atoms with Gasteiger partial charge in [0.15, 0.2) is 0 Å². The summed E-state index contributed by atoms with van der Waals surface area (Å²) in [4.78, 5) is 2.75. The Morgan fingerprint density at radius 1 is 1.00 bits per heavy atom. The third kappa shape index (κ3) is 2.01. The van der Waals surface area contributed by atoms with Gasteiger partial charge in [0.2, 0.25) is 0 Å². The molecule has 3 fully saturated rings. The molecule has 1 saturated carbocycles. The molecule has 3 heteroatoms. The van der Waals surface area contributed by atoms with Crippen molar-refractivity contribution in [3.05, 3.63) is 0 Å². The Kier molecular flexibility index (Phi) is 3.18. The fourth-order valence-electron chi connectivity index (χ4n) is 3.75. The van der Waals surface area contributed by atoms with Gasteiger partial charge in [-0.15, -0.1) is 0 Å². The van der Waals surface area contributed by atoms with Gasteiger partial charge in [0.05, 0.1) is 13.2 Å². The van der Waals surface area contributed by atoms with Gasteiger partial charge in [0, 0.05) is 37.0 Å². The van der Waals surface area contributed by atoms with E-state index in [0.29, 0.717) is 0 Å². The van der Waals surface area contributed by atoms with Gasteiger partial charge in [-0.3, -0.25) is 4.90 Å². The first kappa shape index (κ1) is 11.0. The first-order valence-corrected chi connectivity index (χ1v) is 6.86. The highest BCUT2D eigenvalue weighted by Gasteiger charge is 2.40. The van der Waals surface area contributed by atoms with Gasteiger partial charge in [-0.2, -0.15) is 0 Å². The summed E-state index contributed by atoms with van der Waals surface area (Å²) in [5, 5.41) is 3.42. The maximum atomic E-state index is 5.54. The van der Waals surface area contributed by atoms with Crippen molar-refractivity contribution in [2.24, 2.45) is 11.8 Å². The van der Waals surface area contributed by atoms with E-state index in [9.17, 15) is 0 Å². The molecule has 0 aromatic heterocycles. The normalized spacial score (nSPS) is 44.8. The SMILES string of the molecule is CNC1CCC(N2CC3COCC3C2)CC1. The topological polar surface area (TPSA) is 24.5 Å². The molecule has 2 heterocycles. The summed E-state index contributed by atoms with van der Waals surface area (Å²) >= 11 is 0. The van der Waals surface area contributed by atoms with Crippen LogP contribution >= 0.6 is 0 Å². The lowest BCUT2D eigenvalue weighted by molar-refractivity contribution is 0.121. The molecule has 2 aliphatic heterocycles. The third-order valence-electron chi connectivity index (χ3n) is 4.89. The van der Waals surface area contributed by atoms with E-state index < -0.39 is 0 Å². The average Bonchev–Trinajstić information content (AvgIpc) is 2.89. The fraction of sp³-hybridized carbons (Fsp3) is 1.00. The second-order valence-electron chi connectivity index (χ2n) is 5.81. The van der Waals surface area contributed by atoms with Crippen LogP contribution in [0, 0.1) is 11.8 Å². The molecule has 16 heavy (non-hydrogen) atoms. The van der Waals surface area contributed by atoms with Crippen LogP contribution < -0.4 is 5.32 Å². The van der Waals surface area contributed by atoms with Gasteiger partial charge in [-0.05, 0) is 32.7 Å². The van der Waals surface area contributed by atoms with Gasteiger partial charge >= 0.3 is 0 Å². The van der Waals surface area contributed by atoms with Crippen molar-refractivity contribution in [1.82, 2.24) is 10.2 Å². The molecule has 2 saturated heterocycles. The molecule has 0 amide bonds. The molecule has 2 atom stereocenters. The quantitative estimate of drug-likeness (QED) is 0.760. The monoisotopic (exact) mass is 224 g/mol. The number of ether oxygens (including phenoxy) is 1. The van der Waals surface area contributed by atoms with Crippen molar-refractivity contribution in [2.75, 3.05) is 33.4 Å². The Morgan fingerprint density at radius 3 is 2.19 bits per heavy atom. The molecule has 0 aromatic carbocycles. The number of hydrogen-bond donors (Lipinski definition) is 1. The number of hydrogen-bond acceptors (Lipinski definition) is 3. The van der Waals surface area contributed by atoms with Crippen molar-refractivity contribution in [3.8, 4) is 0 Å². The molecule has 3 rings (SSSR count). The summed E-state index contributed by atoms with van der Waals surface area (Å²) in [5.41, 5.74) is 0. The second kappa shape index (κ2) is 4.63. The molecule has 3 nitrogen and oxygen atoms in total. The highest BCUT2D eigenvalue weighted by Crippen LogP contribution is 2.33. The zero-order valence-electron chi connectivity index (χ0n) is 10.3. The second-order valence-corrected chi connectivity index (χ2v) is 5.81. The highest BCUT2D eigenvalue weighted by atomic mass is 16.5. The van der Waals surface area contributed by atoms with Crippen LogP contribution in [0.25, 0.3) is 0 Å². The van der Waals surface area contributed by atoms with Crippen molar-refractivity contribution in [3.63, 3.8) is 0 Å². The molecule has 2 unspecified atom stereocenters. The molecule has 92 valence electrons. The third-order valence-corrected chi connectivity index (χ3v) is 4.89. The van der Waals surface area contributed by atoms with Crippen LogP contribution in [-0.4, -0.2) is 50.3 Å². The zero-order valence-corrected chi connectivity index (χ0v) is 10.3. The van der Waals surface area contributed by atoms with Gasteiger partial charge in [0.25, 0.3) is 0 Å². The van der Waals surface area contributed by atoms with Crippen molar-refractivity contribution >= 4 is 0 Å². The van der Waals surface area contributed by atoms with Crippen LogP contribution in [0.5, 0.6) is 0 Å². The Hall–Kier alpha value is -0.120. The molecular formula is C13H24N2O. The van der Waals surface area contributed by atoms with E-state index in [-0.39, 0.29) is 0 Å². The Labute approximate surface area is 98.5 Å². The minimum absolute atomic E-state index is 0.779. The zero-order chi connectivity index (χ0) is 11.0. The van der Waals surface area contributed by atoms with Crippen molar-refractivity contribution in [2.45, 2.75) is 37.8 Å². The van der Waals surface area contributed by atoms with E-state index in [1.807, 2.05) is 0 Å². The van der Waals surface area contributed by atoms with Gasteiger partial charge in [-0.1, -0.05) is 0 Å². The number of likely N-dealkylation sites (tertiary alicyclic amines) is 1. The van der Waals surface area contributed by atoms with Crippen LogP contribution in [0.4, 0.5) is 0 Å². The molecule has 0 spiro atoms. The maximum Gasteiger partial charge on any atom is 0.0510 e. The van der Waals surface area contributed by atoms with Crippen molar-refractivity contribution in [1.29, 1.82) is 0 Å². The minimum Gasteiger partial charge on any atom is -0.381 e. The molecule has 1 aliphatic carbocycles. The number of fused-ring (bicyclic) bond motifs is 1. The molecule has 0 bridgehead atoms. The van der Waals surface area contributed by atoms with Crippen LogP contribution in [-0.2, 0) is 4.74 Å².